The van der Waals surface area contributed by atoms with E-state index in [1.54, 1.807) is 43.3 Å². The van der Waals surface area contributed by atoms with Crippen LogP contribution in [0.1, 0.15) is 39.5 Å². The number of carbonyl (C=O) groups excluding carboxylic acids is 3. The smallest absolute Gasteiger partial charge is 0.350 e. The van der Waals surface area contributed by atoms with Crippen molar-refractivity contribution in [3.05, 3.63) is 76.3 Å². The quantitative estimate of drug-likeness (QED) is 0.124. The number of methoxy groups -OCH3 is 1. The van der Waals surface area contributed by atoms with Crippen LogP contribution in [0.5, 0.6) is 23.0 Å². The lowest BCUT2D eigenvalue weighted by Crippen LogP contribution is -2.29. The number of fused-ring (bicyclic) bond motifs is 1. The van der Waals surface area contributed by atoms with Crippen molar-refractivity contribution in [3.63, 3.8) is 0 Å². The second-order valence-corrected chi connectivity index (χ2v) is 10.1. The van der Waals surface area contributed by atoms with E-state index in [0.29, 0.717) is 54.1 Å². The molecule has 0 saturated carbocycles. The number of benzene rings is 2. The molecule has 1 atom stereocenters. The van der Waals surface area contributed by atoms with E-state index >= 15 is 0 Å². The molecule has 1 unspecified atom stereocenters. The van der Waals surface area contributed by atoms with Gasteiger partial charge in [0, 0.05) is 5.56 Å². The Balaban J connectivity index is 1.68. The van der Waals surface area contributed by atoms with Crippen LogP contribution in [0.25, 0.3) is 5.76 Å². The fourth-order valence-corrected chi connectivity index (χ4v) is 5.68. The van der Waals surface area contributed by atoms with E-state index in [1.807, 2.05) is 6.92 Å². The van der Waals surface area contributed by atoms with Crippen molar-refractivity contribution >= 4 is 39.9 Å². The van der Waals surface area contributed by atoms with Gasteiger partial charge in [0.15, 0.2) is 28.1 Å². The van der Waals surface area contributed by atoms with Crippen LogP contribution in [-0.4, -0.2) is 61.3 Å². The number of hydrogen-bond donors (Lipinski definition) is 1. The summed E-state index contributed by atoms with van der Waals surface area (Å²) in [7, 11) is 1.47. The van der Waals surface area contributed by atoms with Crippen molar-refractivity contribution in [3.8, 4) is 23.0 Å². The molecule has 1 amide bonds. The molecule has 0 aliphatic carbocycles. The molecule has 12 heteroatoms. The van der Waals surface area contributed by atoms with E-state index < -0.39 is 29.5 Å². The fourth-order valence-electron chi connectivity index (χ4n) is 4.70. The van der Waals surface area contributed by atoms with Crippen LogP contribution < -0.4 is 23.8 Å². The highest BCUT2D eigenvalue weighted by Crippen LogP contribution is 2.46. The summed E-state index contributed by atoms with van der Waals surface area (Å²) in [5.41, 5.74) is 0.841. The Bertz CT molecular complexity index is 1610. The molecule has 11 nitrogen and oxygen atoms in total. The van der Waals surface area contributed by atoms with Gasteiger partial charge >= 0.3 is 11.9 Å². The highest BCUT2D eigenvalue weighted by Gasteiger charge is 2.48. The van der Waals surface area contributed by atoms with E-state index in [1.165, 1.54) is 18.1 Å². The van der Waals surface area contributed by atoms with E-state index in [0.717, 1.165) is 11.3 Å². The van der Waals surface area contributed by atoms with Crippen molar-refractivity contribution in [2.24, 2.45) is 0 Å². The number of ketones is 1. The number of rotatable bonds is 9. The lowest BCUT2D eigenvalue weighted by atomic mass is 9.95. The molecule has 2 aliphatic heterocycles. The number of aliphatic hydroxyl groups excluding tert-OH is 1. The first-order chi connectivity index (χ1) is 20.3. The van der Waals surface area contributed by atoms with Gasteiger partial charge in [0.1, 0.15) is 30.5 Å². The maximum atomic E-state index is 13.6. The minimum absolute atomic E-state index is 0.00245. The van der Waals surface area contributed by atoms with E-state index in [9.17, 15) is 19.5 Å². The molecular formula is C30H28N2O9S. The van der Waals surface area contributed by atoms with Gasteiger partial charge in [0.05, 0.1) is 31.0 Å². The second kappa shape index (κ2) is 12.0. The van der Waals surface area contributed by atoms with Gasteiger partial charge in [-0.05, 0) is 49.7 Å². The molecule has 1 saturated heterocycles. The molecule has 3 aromatic rings. The Morgan fingerprint density at radius 3 is 2.64 bits per heavy atom. The molecule has 1 aromatic heterocycles. The average molecular weight is 593 g/mol. The number of hydrogen-bond acceptors (Lipinski definition) is 11. The molecule has 42 heavy (non-hydrogen) atoms. The first-order valence-corrected chi connectivity index (χ1v) is 13.9. The topological polar surface area (TPSA) is 134 Å². The third kappa shape index (κ3) is 5.16. The fraction of sp³-hybridized carbons (Fsp3) is 0.267. The number of nitrogens with zero attached hydrogens (tertiary/aromatic N) is 2. The van der Waals surface area contributed by atoms with Gasteiger partial charge in [-0.15, -0.1) is 0 Å². The van der Waals surface area contributed by atoms with E-state index in [-0.39, 0.29) is 27.8 Å². The molecule has 1 N–H and O–H groups in total. The predicted octanol–water partition coefficient (Wildman–Crippen LogP) is 4.60. The van der Waals surface area contributed by atoms with Crippen LogP contribution in [0.3, 0.4) is 0 Å². The zero-order valence-corrected chi connectivity index (χ0v) is 24.0. The number of esters is 1. The monoisotopic (exact) mass is 592 g/mol. The summed E-state index contributed by atoms with van der Waals surface area (Å²) in [5, 5.41) is 11.6. The molecule has 5 rings (SSSR count). The van der Waals surface area contributed by atoms with Crippen LogP contribution in [0.2, 0.25) is 0 Å². The predicted molar refractivity (Wildman–Crippen MR) is 154 cm³/mol. The van der Waals surface area contributed by atoms with E-state index in [4.69, 9.17) is 23.7 Å². The Hall–Kier alpha value is -4.84. The zero-order valence-electron chi connectivity index (χ0n) is 23.2. The number of aryl methyl sites for hydroxylation is 1. The van der Waals surface area contributed by atoms with Gasteiger partial charge < -0.3 is 28.8 Å². The van der Waals surface area contributed by atoms with Gasteiger partial charge in [0.2, 0.25) is 0 Å². The molecule has 0 radical (unpaired) electrons. The highest BCUT2D eigenvalue weighted by molar-refractivity contribution is 7.17. The van der Waals surface area contributed by atoms with Crippen molar-refractivity contribution < 1.29 is 43.2 Å². The SMILES string of the molecule is C=CCOC(=O)c1sc(N2C(=O)C(=O)/C(=C(/O)c3ccc4c(c3)OCCO4)C2c2ccc(OCC)c(OC)c2)nc1C. The van der Waals surface area contributed by atoms with Crippen molar-refractivity contribution in [2.45, 2.75) is 19.9 Å². The third-order valence-corrected chi connectivity index (χ3v) is 7.71. The Kier molecular flexibility index (Phi) is 8.16. The Morgan fingerprint density at radius 2 is 1.93 bits per heavy atom. The van der Waals surface area contributed by atoms with Crippen molar-refractivity contribution in [1.29, 1.82) is 0 Å². The van der Waals surface area contributed by atoms with Crippen molar-refractivity contribution in [1.82, 2.24) is 4.98 Å². The number of ether oxygens (including phenoxy) is 5. The number of Topliss-reactive ketones (excluding diaryl/α,β-unsaturated/α-hetero) is 1. The standard InChI is InChI=1S/C30H28N2O9S/c1-5-11-41-29(36)27-16(3)31-30(42-27)32-24(17-7-9-19(38-6-2)21(14-17)37-4)23(26(34)28(32)35)25(33)18-8-10-20-22(15-18)40-13-12-39-20/h5,7-10,14-15,24,33H,1,6,11-13H2,2-4H3/b25-23+. The zero-order chi connectivity index (χ0) is 30.0. The highest BCUT2D eigenvalue weighted by atomic mass is 32.1. The van der Waals surface area contributed by atoms with Crippen LogP contribution in [-0.2, 0) is 14.3 Å². The number of carbonyl (C=O) groups is 3. The van der Waals surface area contributed by atoms with Crippen LogP contribution in [0.15, 0.2) is 54.6 Å². The summed E-state index contributed by atoms with van der Waals surface area (Å²) in [4.78, 5) is 45.7. The number of amides is 1. The molecular weight excluding hydrogens is 564 g/mol. The Morgan fingerprint density at radius 1 is 1.17 bits per heavy atom. The molecule has 218 valence electrons. The van der Waals surface area contributed by atoms with Crippen molar-refractivity contribution in [2.75, 3.05) is 38.4 Å². The first kappa shape index (κ1) is 28.7. The number of thiazole rings is 1. The number of aliphatic hydroxyl groups is 1. The molecule has 3 heterocycles. The maximum Gasteiger partial charge on any atom is 0.350 e. The van der Waals surface area contributed by atoms with Crippen LogP contribution in [0.4, 0.5) is 5.13 Å². The van der Waals surface area contributed by atoms with Gasteiger partial charge in [-0.2, -0.15) is 0 Å². The minimum Gasteiger partial charge on any atom is -0.507 e. The first-order valence-electron chi connectivity index (χ1n) is 13.1. The third-order valence-electron chi connectivity index (χ3n) is 6.57. The lowest BCUT2D eigenvalue weighted by Gasteiger charge is -2.24. The maximum absolute atomic E-state index is 13.6. The largest absolute Gasteiger partial charge is 0.507 e. The summed E-state index contributed by atoms with van der Waals surface area (Å²) >= 11 is 0.905. The number of anilines is 1. The van der Waals surface area contributed by atoms with Gasteiger partial charge in [-0.1, -0.05) is 30.1 Å². The average Bonchev–Trinajstić information content (AvgIpc) is 3.51. The molecule has 1 fully saturated rings. The minimum atomic E-state index is -1.12. The van der Waals surface area contributed by atoms with Gasteiger partial charge in [0.25, 0.3) is 5.78 Å². The molecule has 2 aromatic carbocycles. The number of aromatic nitrogens is 1. The second-order valence-electron chi connectivity index (χ2n) is 9.17. The normalized spacial score (nSPS) is 17.2. The van der Waals surface area contributed by atoms with E-state index in [2.05, 4.69) is 11.6 Å². The summed E-state index contributed by atoms with van der Waals surface area (Å²) in [6, 6.07) is 8.60. The lowest BCUT2D eigenvalue weighted by molar-refractivity contribution is -0.132. The summed E-state index contributed by atoms with van der Waals surface area (Å²) in [6.45, 7) is 8.08. The summed E-state index contributed by atoms with van der Waals surface area (Å²) in [6.07, 6.45) is 1.44. The molecule has 0 bridgehead atoms. The Labute approximate surface area is 245 Å². The molecule has 0 spiro atoms. The van der Waals surface area contributed by atoms with Gasteiger partial charge in [-0.3, -0.25) is 14.5 Å². The van der Waals surface area contributed by atoms with Gasteiger partial charge in [-0.25, -0.2) is 9.78 Å². The summed E-state index contributed by atoms with van der Waals surface area (Å²) < 4.78 is 27.6. The summed E-state index contributed by atoms with van der Waals surface area (Å²) in [5.74, 6) is -1.17. The molecule has 2 aliphatic rings. The van der Waals surface area contributed by atoms with Crippen LogP contribution in [0, 0.1) is 6.92 Å². The van der Waals surface area contributed by atoms with Crippen LogP contribution >= 0.6 is 11.3 Å².